The van der Waals surface area contributed by atoms with Gasteiger partial charge in [-0.25, -0.2) is 0 Å². The lowest BCUT2D eigenvalue weighted by Crippen LogP contribution is -2.51. The van der Waals surface area contributed by atoms with Crippen molar-refractivity contribution < 1.29 is 9.53 Å². The number of rotatable bonds is 5. The van der Waals surface area contributed by atoms with E-state index >= 15 is 0 Å². The maximum Gasteiger partial charge on any atom is 0.228 e. The highest BCUT2D eigenvalue weighted by atomic mass is 16.5. The van der Waals surface area contributed by atoms with E-state index in [1.54, 1.807) is 7.11 Å². The lowest BCUT2D eigenvalue weighted by atomic mass is 10.0. The molecule has 1 aliphatic heterocycles. The zero-order valence-electron chi connectivity index (χ0n) is 11.0. The van der Waals surface area contributed by atoms with Gasteiger partial charge in [0.05, 0.1) is 13.0 Å². The van der Waals surface area contributed by atoms with Crippen LogP contribution in [0.1, 0.15) is 5.56 Å². The molecule has 0 bridgehead atoms. The Bertz CT molecular complexity index is 399. The number of hydrogen-bond acceptors (Lipinski definition) is 3. The Balaban J connectivity index is 1.80. The van der Waals surface area contributed by atoms with Gasteiger partial charge in [0.15, 0.2) is 0 Å². The molecule has 0 aliphatic carbocycles. The van der Waals surface area contributed by atoms with Crippen LogP contribution in [-0.4, -0.2) is 44.6 Å². The van der Waals surface area contributed by atoms with Gasteiger partial charge < -0.3 is 15.0 Å². The number of ether oxygens (including phenoxy) is 1. The summed E-state index contributed by atoms with van der Waals surface area (Å²) in [5.74, 6) is 1.30. The average molecular weight is 248 g/mol. The summed E-state index contributed by atoms with van der Waals surface area (Å²) in [6, 6.07) is 7.99. The summed E-state index contributed by atoms with van der Waals surface area (Å²) in [5.41, 5.74) is 1.22. The standard InChI is InChI=1S/C14H20N2O2/c1-16(14(17)12-9-15-10-12)8-7-11-3-5-13(18-2)6-4-11/h3-6,12,15H,7-10H2,1-2H3. The number of carbonyl (C=O) groups excluding carboxylic acids is 1. The SMILES string of the molecule is COc1ccc(CCN(C)C(=O)C2CNC2)cc1. The van der Waals surface area contributed by atoms with Gasteiger partial charge in [0, 0.05) is 26.7 Å². The van der Waals surface area contributed by atoms with Crippen molar-refractivity contribution in [2.24, 2.45) is 5.92 Å². The fourth-order valence-electron chi connectivity index (χ4n) is 1.97. The Morgan fingerprint density at radius 3 is 2.56 bits per heavy atom. The Kier molecular flexibility index (Phi) is 4.20. The molecule has 4 nitrogen and oxygen atoms in total. The summed E-state index contributed by atoms with van der Waals surface area (Å²) in [6.07, 6.45) is 0.881. The van der Waals surface area contributed by atoms with Crippen LogP contribution in [0.3, 0.4) is 0 Å². The minimum absolute atomic E-state index is 0.186. The molecular formula is C14H20N2O2. The molecule has 0 radical (unpaired) electrons. The molecule has 1 N–H and O–H groups in total. The van der Waals surface area contributed by atoms with E-state index in [1.807, 2.05) is 36.2 Å². The third-order valence-electron chi connectivity index (χ3n) is 3.40. The van der Waals surface area contributed by atoms with Crippen molar-refractivity contribution >= 4 is 5.91 Å². The van der Waals surface area contributed by atoms with Crippen molar-refractivity contribution in [1.82, 2.24) is 10.2 Å². The minimum atomic E-state index is 0.186. The van der Waals surface area contributed by atoms with Crippen molar-refractivity contribution in [3.05, 3.63) is 29.8 Å². The second-order valence-electron chi connectivity index (χ2n) is 4.71. The van der Waals surface area contributed by atoms with Crippen molar-refractivity contribution in [2.75, 3.05) is 33.8 Å². The van der Waals surface area contributed by atoms with Crippen molar-refractivity contribution in [1.29, 1.82) is 0 Å². The van der Waals surface area contributed by atoms with Gasteiger partial charge in [0.2, 0.25) is 5.91 Å². The summed E-state index contributed by atoms with van der Waals surface area (Å²) in [6.45, 7) is 2.42. The number of nitrogens with zero attached hydrogens (tertiary/aromatic N) is 1. The third kappa shape index (κ3) is 3.01. The highest BCUT2D eigenvalue weighted by Gasteiger charge is 2.27. The van der Waals surface area contributed by atoms with Crippen LogP contribution in [0.2, 0.25) is 0 Å². The third-order valence-corrected chi connectivity index (χ3v) is 3.40. The van der Waals surface area contributed by atoms with Crippen molar-refractivity contribution in [3.8, 4) is 5.75 Å². The van der Waals surface area contributed by atoms with Gasteiger partial charge in [-0.1, -0.05) is 12.1 Å². The van der Waals surface area contributed by atoms with Crippen LogP contribution in [0.15, 0.2) is 24.3 Å². The number of methoxy groups -OCH3 is 1. The van der Waals surface area contributed by atoms with Crippen LogP contribution in [0, 0.1) is 5.92 Å². The van der Waals surface area contributed by atoms with Crippen molar-refractivity contribution in [2.45, 2.75) is 6.42 Å². The summed E-state index contributed by atoms with van der Waals surface area (Å²) in [5, 5.41) is 3.12. The van der Waals surface area contributed by atoms with E-state index in [0.29, 0.717) is 0 Å². The monoisotopic (exact) mass is 248 g/mol. The largest absolute Gasteiger partial charge is 0.497 e. The van der Waals surface area contributed by atoms with Gasteiger partial charge in [-0.15, -0.1) is 0 Å². The lowest BCUT2D eigenvalue weighted by Gasteiger charge is -2.30. The van der Waals surface area contributed by atoms with Gasteiger partial charge in [0.25, 0.3) is 0 Å². The topological polar surface area (TPSA) is 41.6 Å². The maximum absolute atomic E-state index is 11.9. The van der Waals surface area contributed by atoms with E-state index in [0.717, 1.165) is 31.8 Å². The Morgan fingerprint density at radius 1 is 1.39 bits per heavy atom. The number of amides is 1. The summed E-state index contributed by atoms with van der Waals surface area (Å²) in [7, 11) is 3.54. The van der Waals surface area contributed by atoms with Gasteiger partial charge >= 0.3 is 0 Å². The van der Waals surface area contributed by atoms with E-state index in [4.69, 9.17) is 4.74 Å². The summed E-state index contributed by atoms with van der Waals surface area (Å²) in [4.78, 5) is 13.7. The number of hydrogen-bond donors (Lipinski definition) is 1. The Morgan fingerprint density at radius 2 is 2.06 bits per heavy atom. The molecule has 1 fully saturated rings. The van der Waals surface area contributed by atoms with Crippen LogP contribution in [-0.2, 0) is 11.2 Å². The molecule has 1 amide bonds. The zero-order chi connectivity index (χ0) is 13.0. The van der Waals surface area contributed by atoms with E-state index in [-0.39, 0.29) is 11.8 Å². The fraction of sp³-hybridized carbons (Fsp3) is 0.500. The van der Waals surface area contributed by atoms with Gasteiger partial charge in [-0.05, 0) is 24.1 Å². The van der Waals surface area contributed by atoms with E-state index in [9.17, 15) is 4.79 Å². The fourth-order valence-corrected chi connectivity index (χ4v) is 1.97. The van der Waals surface area contributed by atoms with Crippen molar-refractivity contribution in [3.63, 3.8) is 0 Å². The molecule has 0 spiro atoms. The van der Waals surface area contributed by atoms with Crippen LogP contribution < -0.4 is 10.1 Å². The van der Waals surface area contributed by atoms with Crippen LogP contribution >= 0.6 is 0 Å². The second kappa shape index (κ2) is 5.87. The first-order chi connectivity index (χ1) is 8.70. The second-order valence-corrected chi connectivity index (χ2v) is 4.71. The van der Waals surface area contributed by atoms with E-state index < -0.39 is 0 Å². The first-order valence-electron chi connectivity index (χ1n) is 6.29. The molecule has 0 atom stereocenters. The first kappa shape index (κ1) is 12.9. The average Bonchev–Trinajstić information content (AvgIpc) is 2.34. The number of carbonyl (C=O) groups is 1. The molecule has 1 heterocycles. The smallest absolute Gasteiger partial charge is 0.228 e. The van der Waals surface area contributed by atoms with E-state index in [1.165, 1.54) is 5.56 Å². The Hall–Kier alpha value is -1.55. The molecule has 98 valence electrons. The van der Waals surface area contributed by atoms with Crippen LogP contribution in [0.4, 0.5) is 0 Å². The van der Waals surface area contributed by atoms with E-state index in [2.05, 4.69) is 5.32 Å². The molecule has 1 aliphatic rings. The number of likely N-dealkylation sites (N-methyl/N-ethyl adjacent to an activating group) is 1. The molecule has 18 heavy (non-hydrogen) atoms. The highest BCUT2D eigenvalue weighted by Crippen LogP contribution is 2.12. The van der Waals surface area contributed by atoms with Gasteiger partial charge in [-0.3, -0.25) is 4.79 Å². The minimum Gasteiger partial charge on any atom is -0.497 e. The summed E-state index contributed by atoms with van der Waals surface area (Å²) < 4.78 is 5.12. The lowest BCUT2D eigenvalue weighted by molar-refractivity contribution is -0.135. The van der Waals surface area contributed by atoms with Gasteiger partial charge in [-0.2, -0.15) is 0 Å². The molecule has 2 rings (SSSR count). The highest BCUT2D eigenvalue weighted by molar-refractivity contribution is 5.79. The zero-order valence-corrected chi connectivity index (χ0v) is 11.0. The summed E-state index contributed by atoms with van der Waals surface area (Å²) >= 11 is 0. The molecule has 0 aromatic heterocycles. The molecule has 1 aromatic carbocycles. The van der Waals surface area contributed by atoms with Crippen LogP contribution in [0.25, 0.3) is 0 Å². The Labute approximate surface area is 108 Å². The molecule has 1 saturated heterocycles. The van der Waals surface area contributed by atoms with Gasteiger partial charge in [0.1, 0.15) is 5.75 Å². The molecule has 0 saturated carbocycles. The number of benzene rings is 1. The predicted molar refractivity (Wildman–Crippen MR) is 70.7 cm³/mol. The molecule has 1 aromatic rings. The van der Waals surface area contributed by atoms with Crippen LogP contribution in [0.5, 0.6) is 5.75 Å². The molecular weight excluding hydrogens is 228 g/mol. The number of nitrogens with one attached hydrogen (secondary N) is 1. The predicted octanol–water partition coefficient (Wildman–Crippen LogP) is 0.915. The normalized spacial score (nSPS) is 15.0. The quantitative estimate of drug-likeness (QED) is 0.842. The first-order valence-corrected chi connectivity index (χ1v) is 6.29. The molecule has 0 unspecified atom stereocenters. The maximum atomic E-state index is 11.9. The molecule has 4 heteroatoms.